The average Bonchev–Trinajstić information content (AvgIpc) is 2.44. The van der Waals surface area contributed by atoms with E-state index in [-0.39, 0.29) is 10.6 Å². The van der Waals surface area contributed by atoms with Crippen LogP contribution >= 0.6 is 15.9 Å². The second-order valence-electron chi connectivity index (χ2n) is 5.37. The molecule has 0 amide bonds. The molecule has 0 spiro atoms. The fourth-order valence-corrected chi connectivity index (χ4v) is 2.95. The van der Waals surface area contributed by atoms with Gasteiger partial charge in [-0.2, -0.15) is 0 Å². The molecule has 108 valence electrons. The molecule has 1 saturated carbocycles. The third-order valence-corrected chi connectivity index (χ3v) is 4.44. The molecule has 0 radical (unpaired) electrons. The van der Waals surface area contributed by atoms with Crippen molar-refractivity contribution in [3.05, 3.63) is 68.7 Å². The minimum Gasteiger partial charge on any atom is -0.382 e. The number of nitro benzene ring substituents is 1. The molecule has 1 N–H and O–H groups in total. The summed E-state index contributed by atoms with van der Waals surface area (Å²) in [5, 5.41) is 14.1. The first-order valence-corrected chi connectivity index (χ1v) is 7.67. The zero-order valence-electron chi connectivity index (χ0n) is 11.3. The van der Waals surface area contributed by atoms with Gasteiger partial charge in [0.2, 0.25) is 0 Å². The van der Waals surface area contributed by atoms with Gasteiger partial charge in [0, 0.05) is 28.3 Å². The molecule has 3 rings (SSSR count). The number of hydrogen-bond donors (Lipinski definition) is 1. The summed E-state index contributed by atoms with van der Waals surface area (Å²) in [5.41, 5.74) is 2.31. The summed E-state index contributed by atoms with van der Waals surface area (Å²) in [7, 11) is 0. The summed E-state index contributed by atoms with van der Waals surface area (Å²) >= 11 is 3.44. The summed E-state index contributed by atoms with van der Waals surface area (Å²) < 4.78 is 1.09. The van der Waals surface area contributed by atoms with E-state index in [9.17, 15) is 10.1 Å². The largest absolute Gasteiger partial charge is 0.382 e. The van der Waals surface area contributed by atoms with E-state index in [2.05, 4.69) is 45.5 Å². The normalized spacial score (nSPS) is 20.6. The van der Waals surface area contributed by atoms with Crippen molar-refractivity contribution in [2.45, 2.75) is 24.8 Å². The van der Waals surface area contributed by atoms with Crippen molar-refractivity contribution >= 4 is 27.3 Å². The predicted octanol–water partition coefficient (Wildman–Crippen LogP) is 4.72. The van der Waals surface area contributed by atoms with Gasteiger partial charge in [-0.05, 0) is 42.5 Å². The minimum atomic E-state index is -0.364. The Morgan fingerprint density at radius 1 is 1.14 bits per heavy atom. The molecule has 0 heterocycles. The van der Waals surface area contributed by atoms with Crippen LogP contribution in [-0.4, -0.2) is 11.0 Å². The molecule has 0 saturated heterocycles. The molecule has 4 nitrogen and oxygen atoms in total. The highest BCUT2D eigenvalue weighted by molar-refractivity contribution is 9.10. The maximum absolute atomic E-state index is 10.8. The van der Waals surface area contributed by atoms with E-state index in [0.717, 1.165) is 23.0 Å². The van der Waals surface area contributed by atoms with Gasteiger partial charge >= 0.3 is 0 Å². The highest BCUT2D eigenvalue weighted by Crippen LogP contribution is 2.39. The van der Waals surface area contributed by atoms with E-state index < -0.39 is 0 Å². The summed E-state index contributed by atoms with van der Waals surface area (Å²) in [4.78, 5) is 10.4. The highest BCUT2D eigenvalue weighted by Gasteiger charge is 2.30. The van der Waals surface area contributed by atoms with Gasteiger partial charge in [-0.3, -0.25) is 10.1 Å². The van der Waals surface area contributed by atoms with Gasteiger partial charge in [0.25, 0.3) is 5.69 Å². The maximum Gasteiger partial charge on any atom is 0.271 e. The average molecular weight is 347 g/mol. The van der Waals surface area contributed by atoms with Gasteiger partial charge in [-0.1, -0.05) is 34.1 Å². The van der Waals surface area contributed by atoms with Crippen LogP contribution in [-0.2, 0) is 0 Å². The molecular weight excluding hydrogens is 332 g/mol. The smallest absolute Gasteiger partial charge is 0.271 e. The van der Waals surface area contributed by atoms with Gasteiger partial charge in [-0.25, -0.2) is 0 Å². The third kappa shape index (κ3) is 3.24. The molecule has 1 aliphatic carbocycles. The number of halogens is 1. The number of nitrogens with zero attached hydrogens (tertiary/aromatic N) is 1. The molecule has 2 aromatic carbocycles. The standard InChI is InChI=1S/C16H15BrN2O2/c17-13-6-4-11(5-7-13)12-8-15(9-12)18-14-2-1-3-16(10-14)19(20)21/h1-7,10,12,15,18H,8-9H2. The van der Waals surface area contributed by atoms with Crippen LogP contribution in [0.5, 0.6) is 0 Å². The second-order valence-corrected chi connectivity index (χ2v) is 6.28. The van der Waals surface area contributed by atoms with Crippen molar-refractivity contribution in [2.75, 3.05) is 5.32 Å². The van der Waals surface area contributed by atoms with Gasteiger partial charge in [0.15, 0.2) is 0 Å². The lowest BCUT2D eigenvalue weighted by atomic mass is 9.76. The van der Waals surface area contributed by atoms with Crippen molar-refractivity contribution in [1.29, 1.82) is 0 Å². The van der Waals surface area contributed by atoms with Crippen molar-refractivity contribution in [3.63, 3.8) is 0 Å². The Balaban J connectivity index is 1.58. The number of nitro groups is 1. The highest BCUT2D eigenvalue weighted by atomic mass is 79.9. The molecule has 2 aromatic rings. The quantitative estimate of drug-likeness (QED) is 0.643. The fraction of sp³-hybridized carbons (Fsp3) is 0.250. The molecule has 21 heavy (non-hydrogen) atoms. The number of rotatable bonds is 4. The first-order valence-electron chi connectivity index (χ1n) is 6.88. The van der Waals surface area contributed by atoms with Crippen LogP contribution < -0.4 is 5.32 Å². The van der Waals surface area contributed by atoms with E-state index in [1.807, 2.05) is 6.07 Å². The fourth-order valence-electron chi connectivity index (χ4n) is 2.69. The van der Waals surface area contributed by atoms with Crippen LogP contribution in [0, 0.1) is 10.1 Å². The number of anilines is 1. The number of nitrogens with one attached hydrogen (secondary N) is 1. The van der Waals surface area contributed by atoms with Crippen molar-refractivity contribution < 1.29 is 4.92 Å². The minimum absolute atomic E-state index is 0.129. The topological polar surface area (TPSA) is 55.2 Å². The van der Waals surface area contributed by atoms with Crippen LogP contribution in [0.25, 0.3) is 0 Å². The molecule has 1 fully saturated rings. The van der Waals surface area contributed by atoms with Gasteiger partial charge in [0.1, 0.15) is 0 Å². The Kier molecular flexibility index (Phi) is 3.92. The first-order chi connectivity index (χ1) is 10.1. The number of hydrogen-bond acceptors (Lipinski definition) is 3. The monoisotopic (exact) mass is 346 g/mol. The summed E-state index contributed by atoms with van der Waals surface area (Å²) in [6.07, 6.45) is 2.12. The molecule has 0 atom stereocenters. The molecule has 0 aromatic heterocycles. The van der Waals surface area contributed by atoms with Crippen molar-refractivity contribution in [2.24, 2.45) is 0 Å². The lowest BCUT2D eigenvalue weighted by molar-refractivity contribution is -0.384. The summed E-state index contributed by atoms with van der Waals surface area (Å²) in [6.45, 7) is 0. The van der Waals surface area contributed by atoms with E-state index in [1.165, 1.54) is 11.6 Å². The second kappa shape index (κ2) is 5.85. The van der Waals surface area contributed by atoms with E-state index in [1.54, 1.807) is 12.1 Å². The van der Waals surface area contributed by atoms with Gasteiger partial charge in [-0.15, -0.1) is 0 Å². The Morgan fingerprint density at radius 3 is 2.52 bits per heavy atom. The molecule has 0 unspecified atom stereocenters. The van der Waals surface area contributed by atoms with Crippen LogP contribution in [0.4, 0.5) is 11.4 Å². The molecule has 0 aliphatic heterocycles. The van der Waals surface area contributed by atoms with Gasteiger partial charge < -0.3 is 5.32 Å². The van der Waals surface area contributed by atoms with Crippen LogP contribution in [0.3, 0.4) is 0 Å². The number of benzene rings is 2. The van der Waals surface area contributed by atoms with Crippen LogP contribution in [0.15, 0.2) is 53.0 Å². The molecule has 1 aliphatic rings. The van der Waals surface area contributed by atoms with Crippen LogP contribution in [0.2, 0.25) is 0 Å². The zero-order chi connectivity index (χ0) is 14.8. The van der Waals surface area contributed by atoms with Crippen molar-refractivity contribution in [1.82, 2.24) is 0 Å². The lowest BCUT2D eigenvalue weighted by Crippen LogP contribution is -2.33. The Labute approximate surface area is 131 Å². The lowest BCUT2D eigenvalue weighted by Gasteiger charge is -2.37. The Morgan fingerprint density at radius 2 is 1.86 bits per heavy atom. The van der Waals surface area contributed by atoms with E-state index >= 15 is 0 Å². The first kappa shape index (κ1) is 14.1. The van der Waals surface area contributed by atoms with Gasteiger partial charge in [0.05, 0.1) is 4.92 Å². The van der Waals surface area contributed by atoms with Crippen molar-refractivity contribution in [3.8, 4) is 0 Å². The molecule has 5 heteroatoms. The third-order valence-electron chi connectivity index (χ3n) is 3.91. The molecule has 0 bridgehead atoms. The SMILES string of the molecule is O=[N+]([O-])c1cccc(NC2CC(c3ccc(Br)cc3)C2)c1. The van der Waals surface area contributed by atoms with E-state index in [0.29, 0.717) is 12.0 Å². The Bertz CT molecular complexity index is 652. The Hall–Kier alpha value is -1.88. The summed E-state index contributed by atoms with van der Waals surface area (Å²) in [5.74, 6) is 0.578. The van der Waals surface area contributed by atoms with E-state index in [4.69, 9.17) is 0 Å². The zero-order valence-corrected chi connectivity index (χ0v) is 12.9. The summed E-state index contributed by atoms with van der Waals surface area (Å²) in [6, 6.07) is 15.5. The number of non-ortho nitro benzene ring substituents is 1. The maximum atomic E-state index is 10.8. The molecular formula is C16H15BrN2O2. The van der Waals surface area contributed by atoms with Crippen LogP contribution in [0.1, 0.15) is 24.3 Å². The predicted molar refractivity (Wildman–Crippen MR) is 86.6 cm³/mol.